The van der Waals surface area contributed by atoms with Crippen molar-refractivity contribution in [3.05, 3.63) is 53.9 Å². The van der Waals surface area contributed by atoms with Crippen molar-refractivity contribution in [3.8, 4) is 0 Å². The Kier molecular flexibility index (Phi) is 4.79. The molecule has 1 atom stereocenters. The average Bonchev–Trinajstić information content (AvgIpc) is 2.42. The van der Waals surface area contributed by atoms with Gasteiger partial charge in [0.05, 0.1) is 4.90 Å². The molecule has 1 unspecified atom stereocenters. The van der Waals surface area contributed by atoms with Crippen molar-refractivity contribution >= 4 is 11.9 Å². The van der Waals surface area contributed by atoms with Gasteiger partial charge in [0.1, 0.15) is 17.7 Å². The maximum Gasteiger partial charge on any atom is 0.408 e. The number of hydrogen-bond donors (Lipinski definition) is 1. The molecule has 0 amide bonds. The molecule has 0 spiro atoms. The van der Waals surface area contributed by atoms with E-state index in [4.69, 9.17) is 0 Å². The largest absolute Gasteiger partial charge is 0.408 e. The van der Waals surface area contributed by atoms with E-state index in [1.807, 2.05) is 0 Å². The predicted octanol–water partition coefficient (Wildman–Crippen LogP) is 3.82. The van der Waals surface area contributed by atoms with E-state index in [0.29, 0.717) is 10.7 Å². The van der Waals surface area contributed by atoms with Gasteiger partial charge in [0.25, 0.3) is 0 Å². The predicted molar refractivity (Wildman–Crippen MR) is 71.0 cm³/mol. The molecule has 8 heteroatoms. The monoisotopic (exact) mass is 317 g/mol. The number of aryl methyl sites for hydroxylation is 1. The molecule has 1 aromatic carbocycles. The maximum absolute atomic E-state index is 13.1. The van der Waals surface area contributed by atoms with Gasteiger partial charge in [-0.05, 0) is 36.6 Å². The van der Waals surface area contributed by atoms with Crippen LogP contribution in [-0.4, -0.2) is 16.1 Å². The first-order valence-electron chi connectivity index (χ1n) is 5.89. The summed E-state index contributed by atoms with van der Waals surface area (Å²) in [5, 5.41) is 0. The molecular formula is C13H11F4N3S. The van der Waals surface area contributed by atoms with Crippen molar-refractivity contribution in [2.24, 2.45) is 0 Å². The topological polar surface area (TPSA) is 37.8 Å². The van der Waals surface area contributed by atoms with Gasteiger partial charge in [-0.25, -0.2) is 19.1 Å². The maximum atomic E-state index is 13.1. The molecule has 21 heavy (non-hydrogen) atoms. The third-order valence-corrected chi connectivity index (χ3v) is 3.38. The van der Waals surface area contributed by atoms with Crippen LogP contribution in [0.25, 0.3) is 0 Å². The quantitative estimate of drug-likeness (QED) is 0.687. The Hall–Kier alpha value is -1.67. The van der Waals surface area contributed by atoms with Crippen molar-refractivity contribution in [1.82, 2.24) is 14.7 Å². The molecule has 0 bridgehead atoms. The Labute approximate surface area is 122 Å². The zero-order chi connectivity index (χ0) is 15.5. The minimum atomic E-state index is -4.50. The minimum absolute atomic E-state index is 0.0653. The third kappa shape index (κ3) is 4.40. The summed E-state index contributed by atoms with van der Waals surface area (Å²) >= 11 is 0.774. The summed E-state index contributed by atoms with van der Waals surface area (Å²) in [6.45, 7) is 1.68. The zero-order valence-corrected chi connectivity index (χ0v) is 11.7. The first-order chi connectivity index (χ1) is 9.86. The molecule has 1 aromatic heterocycles. The van der Waals surface area contributed by atoms with Crippen LogP contribution in [0, 0.1) is 12.7 Å². The Morgan fingerprint density at radius 1 is 1.10 bits per heavy atom. The van der Waals surface area contributed by atoms with Crippen LogP contribution >= 0.6 is 11.9 Å². The summed E-state index contributed by atoms with van der Waals surface area (Å²) in [6, 6.07) is 2.29. The molecule has 2 aromatic rings. The van der Waals surface area contributed by atoms with Gasteiger partial charge in [-0.3, -0.25) is 0 Å². The lowest BCUT2D eigenvalue weighted by Gasteiger charge is -2.21. The normalized spacial score (nSPS) is 13.2. The summed E-state index contributed by atoms with van der Waals surface area (Å²) in [5.41, 5.74) is -0.0653. The van der Waals surface area contributed by atoms with Gasteiger partial charge in [-0.1, -0.05) is 12.1 Å². The molecule has 112 valence electrons. The van der Waals surface area contributed by atoms with Crippen LogP contribution in [0.1, 0.15) is 17.4 Å². The van der Waals surface area contributed by atoms with E-state index >= 15 is 0 Å². The van der Waals surface area contributed by atoms with E-state index in [-0.39, 0.29) is 5.56 Å². The number of nitrogens with zero attached hydrogens (tertiary/aromatic N) is 2. The first kappa shape index (κ1) is 15.7. The molecule has 0 aliphatic carbocycles. The minimum Gasteiger partial charge on any atom is -0.244 e. The Morgan fingerprint density at radius 3 is 2.19 bits per heavy atom. The number of halogens is 4. The highest BCUT2D eigenvalue weighted by atomic mass is 32.2. The van der Waals surface area contributed by atoms with Crippen LogP contribution in [0.4, 0.5) is 17.6 Å². The average molecular weight is 317 g/mol. The van der Waals surface area contributed by atoms with Crippen molar-refractivity contribution in [2.75, 3.05) is 0 Å². The first-order valence-corrected chi connectivity index (χ1v) is 6.71. The molecule has 0 aliphatic rings. The van der Waals surface area contributed by atoms with Crippen LogP contribution < -0.4 is 4.72 Å². The number of aromatic nitrogens is 2. The van der Waals surface area contributed by atoms with Gasteiger partial charge < -0.3 is 0 Å². The van der Waals surface area contributed by atoms with Gasteiger partial charge in [0, 0.05) is 12.4 Å². The Balaban J connectivity index is 2.14. The van der Waals surface area contributed by atoms with Gasteiger partial charge in [0.2, 0.25) is 0 Å². The van der Waals surface area contributed by atoms with Crippen molar-refractivity contribution in [1.29, 1.82) is 0 Å². The van der Waals surface area contributed by atoms with Gasteiger partial charge >= 0.3 is 6.18 Å². The second kappa shape index (κ2) is 6.40. The van der Waals surface area contributed by atoms with Crippen molar-refractivity contribution < 1.29 is 17.6 Å². The summed E-state index contributed by atoms with van der Waals surface area (Å²) in [7, 11) is 0. The van der Waals surface area contributed by atoms with Crippen LogP contribution in [-0.2, 0) is 0 Å². The molecule has 1 heterocycles. The number of nitrogens with one attached hydrogen (secondary N) is 1. The summed E-state index contributed by atoms with van der Waals surface area (Å²) < 4.78 is 54.3. The van der Waals surface area contributed by atoms with Gasteiger partial charge in [0.15, 0.2) is 0 Å². The smallest absolute Gasteiger partial charge is 0.244 e. The van der Waals surface area contributed by atoms with Crippen LogP contribution in [0.5, 0.6) is 0 Å². The van der Waals surface area contributed by atoms with Crippen molar-refractivity contribution in [2.45, 2.75) is 24.0 Å². The fraction of sp³-hybridized carbons (Fsp3) is 0.231. The van der Waals surface area contributed by atoms with Crippen LogP contribution in [0.2, 0.25) is 0 Å². The summed E-state index contributed by atoms with van der Waals surface area (Å²) in [4.78, 5) is 8.26. The van der Waals surface area contributed by atoms with E-state index in [9.17, 15) is 17.6 Å². The van der Waals surface area contributed by atoms with Crippen LogP contribution in [0.3, 0.4) is 0 Å². The van der Waals surface area contributed by atoms with Gasteiger partial charge in [-0.15, -0.1) is 0 Å². The molecule has 3 nitrogen and oxygen atoms in total. The lowest BCUT2D eigenvalue weighted by molar-refractivity contribution is -0.152. The molecule has 0 saturated heterocycles. The number of rotatable bonds is 4. The molecule has 1 N–H and O–H groups in total. The second-order valence-electron chi connectivity index (χ2n) is 4.21. The third-order valence-electron chi connectivity index (χ3n) is 2.58. The highest BCUT2D eigenvalue weighted by molar-refractivity contribution is 7.97. The second-order valence-corrected chi connectivity index (χ2v) is 5.12. The Bertz CT molecular complexity index is 584. The van der Waals surface area contributed by atoms with Crippen LogP contribution in [0.15, 0.2) is 41.6 Å². The van der Waals surface area contributed by atoms with Gasteiger partial charge in [-0.2, -0.15) is 13.2 Å². The molecule has 0 radical (unpaired) electrons. The highest BCUT2D eigenvalue weighted by Crippen LogP contribution is 2.35. The SMILES string of the molecule is Cc1ncc(SNC(c2ccc(F)cc2)C(F)(F)F)cn1. The van der Waals surface area contributed by atoms with E-state index in [1.165, 1.54) is 12.4 Å². The number of alkyl halides is 3. The van der Waals surface area contributed by atoms with E-state index in [0.717, 1.165) is 36.2 Å². The van der Waals surface area contributed by atoms with E-state index < -0.39 is 18.0 Å². The zero-order valence-electron chi connectivity index (χ0n) is 10.9. The standard InChI is InChI=1S/C13H11F4N3S/c1-8-18-6-11(7-19-8)21-20-12(13(15,16)17)9-2-4-10(14)5-3-9/h2-7,12,20H,1H3. The molecular weight excluding hydrogens is 306 g/mol. The summed E-state index contributed by atoms with van der Waals surface area (Å²) in [5.74, 6) is -0.0514. The highest BCUT2D eigenvalue weighted by Gasteiger charge is 2.40. The van der Waals surface area contributed by atoms with E-state index in [1.54, 1.807) is 6.92 Å². The number of benzene rings is 1. The molecule has 0 fully saturated rings. The van der Waals surface area contributed by atoms with Crippen molar-refractivity contribution in [3.63, 3.8) is 0 Å². The lowest BCUT2D eigenvalue weighted by atomic mass is 10.1. The molecule has 2 rings (SSSR count). The lowest BCUT2D eigenvalue weighted by Crippen LogP contribution is -2.30. The summed E-state index contributed by atoms with van der Waals surface area (Å²) in [6.07, 6.45) is -1.65. The number of hydrogen-bond acceptors (Lipinski definition) is 4. The molecule has 0 saturated carbocycles. The molecule has 0 aliphatic heterocycles. The fourth-order valence-corrected chi connectivity index (χ4v) is 2.27. The fourth-order valence-electron chi connectivity index (χ4n) is 1.54. The van der Waals surface area contributed by atoms with E-state index in [2.05, 4.69) is 14.7 Å². The Morgan fingerprint density at radius 2 is 1.67 bits per heavy atom.